The lowest BCUT2D eigenvalue weighted by molar-refractivity contribution is -0.134. The molecule has 2 heterocycles. The maximum absolute atomic E-state index is 12.3. The molecule has 1 amide bonds. The minimum Gasteiger partial charge on any atom is -0.467 e. The molecule has 0 bridgehead atoms. The van der Waals surface area contributed by atoms with Crippen LogP contribution in [0.4, 0.5) is 0 Å². The molecule has 1 fully saturated rings. The Labute approximate surface area is 112 Å². The van der Waals surface area contributed by atoms with E-state index in [1.54, 1.807) is 18.7 Å². The van der Waals surface area contributed by atoms with Gasteiger partial charge in [0.25, 0.3) is 0 Å². The summed E-state index contributed by atoms with van der Waals surface area (Å²) in [4.78, 5) is 18.2. The molecule has 3 rings (SSSR count). The number of nitrogens with zero attached hydrogens (tertiary/aromatic N) is 2. The van der Waals surface area contributed by atoms with Gasteiger partial charge >= 0.3 is 0 Å². The Morgan fingerprint density at radius 1 is 1.32 bits per heavy atom. The van der Waals surface area contributed by atoms with Gasteiger partial charge in [0.05, 0.1) is 12.8 Å². The summed E-state index contributed by atoms with van der Waals surface area (Å²) in [5.74, 6) is 1.25. The first-order valence-electron chi connectivity index (χ1n) is 6.53. The summed E-state index contributed by atoms with van der Waals surface area (Å²) in [5, 5.41) is 0. The molecule has 0 spiro atoms. The van der Waals surface area contributed by atoms with E-state index in [0.29, 0.717) is 13.1 Å². The van der Waals surface area contributed by atoms with Crippen LogP contribution in [0.2, 0.25) is 0 Å². The van der Waals surface area contributed by atoms with Crippen molar-refractivity contribution in [2.75, 3.05) is 0 Å². The van der Waals surface area contributed by atoms with Crippen molar-refractivity contribution in [3.63, 3.8) is 0 Å². The first-order valence-corrected chi connectivity index (χ1v) is 6.53. The molecule has 4 nitrogen and oxygen atoms in total. The highest BCUT2D eigenvalue weighted by atomic mass is 16.3. The van der Waals surface area contributed by atoms with Gasteiger partial charge in [0, 0.05) is 24.9 Å². The number of rotatable bonds is 5. The van der Waals surface area contributed by atoms with Crippen LogP contribution in [0.25, 0.3) is 0 Å². The number of hydrogen-bond acceptors (Lipinski definition) is 3. The summed E-state index contributed by atoms with van der Waals surface area (Å²) < 4.78 is 5.34. The average molecular weight is 256 g/mol. The molecule has 0 N–H and O–H groups in total. The third kappa shape index (κ3) is 3.02. The highest BCUT2D eigenvalue weighted by Crippen LogP contribution is 2.32. The Balaban J connectivity index is 1.74. The average Bonchev–Trinajstić information content (AvgIpc) is 3.17. The van der Waals surface area contributed by atoms with Gasteiger partial charge in [-0.1, -0.05) is 6.07 Å². The van der Waals surface area contributed by atoms with E-state index in [9.17, 15) is 4.79 Å². The topological polar surface area (TPSA) is 46.3 Å². The van der Waals surface area contributed by atoms with Crippen LogP contribution in [0.15, 0.2) is 47.3 Å². The highest BCUT2D eigenvalue weighted by molar-refractivity contribution is 5.81. The second kappa shape index (κ2) is 5.26. The number of amides is 1. The van der Waals surface area contributed by atoms with Crippen LogP contribution in [-0.2, 0) is 17.9 Å². The van der Waals surface area contributed by atoms with Crippen molar-refractivity contribution in [2.24, 2.45) is 5.92 Å². The zero-order chi connectivity index (χ0) is 13.1. The molecule has 1 aliphatic carbocycles. The smallest absolute Gasteiger partial charge is 0.226 e. The van der Waals surface area contributed by atoms with Crippen molar-refractivity contribution in [2.45, 2.75) is 25.9 Å². The van der Waals surface area contributed by atoms with Crippen LogP contribution in [0.5, 0.6) is 0 Å². The number of furan rings is 1. The van der Waals surface area contributed by atoms with E-state index in [0.717, 1.165) is 24.2 Å². The Kier molecular flexibility index (Phi) is 3.31. The lowest BCUT2D eigenvalue weighted by Crippen LogP contribution is -2.31. The first-order chi connectivity index (χ1) is 9.33. The van der Waals surface area contributed by atoms with E-state index in [1.165, 1.54) is 0 Å². The molecule has 19 heavy (non-hydrogen) atoms. The normalized spacial score (nSPS) is 14.3. The maximum Gasteiger partial charge on any atom is 0.226 e. The third-order valence-corrected chi connectivity index (χ3v) is 3.26. The molecule has 0 radical (unpaired) electrons. The van der Waals surface area contributed by atoms with Crippen molar-refractivity contribution >= 4 is 5.91 Å². The molecule has 2 aromatic rings. The molecular weight excluding hydrogens is 240 g/mol. The maximum atomic E-state index is 12.3. The molecule has 1 aliphatic rings. The largest absolute Gasteiger partial charge is 0.467 e. The monoisotopic (exact) mass is 256 g/mol. The molecule has 0 atom stereocenters. The van der Waals surface area contributed by atoms with E-state index in [2.05, 4.69) is 4.98 Å². The quantitative estimate of drug-likeness (QED) is 0.826. The molecule has 0 aromatic carbocycles. The number of aromatic nitrogens is 1. The molecule has 1 saturated carbocycles. The zero-order valence-electron chi connectivity index (χ0n) is 10.7. The van der Waals surface area contributed by atoms with E-state index < -0.39 is 0 Å². The van der Waals surface area contributed by atoms with E-state index >= 15 is 0 Å². The molecule has 4 heteroatoms. The molecule has 2 aromatic heterocycles. The van der Waals surface area contributed by atoms with Gasteiger partial charge in [0.1, 0.15) is 5.76 Å². The van der Waals surface area contributed by atoms with Crippen LogP contribution in [0, 0.1) is 5.92 Å². The third-order valence-electron chi connectivity index (χ3n) is 3.26. The Bertz CT molecular complexity index is 533. The van der Waals surface area contributed by atoms with Crippen molar-refractivity contribution in [3.05, 3.63) is 54.2 Å². The Morgan fingerprint density at radius 2 is 2.21 bits per heavy atom. The molecule has 0 aliphatic heterocycles. The highest BCUT2D eigenvalue weighted by Gasteiger charge is 2.33. The SMILES string of the molecule is O=C(C1CC1)N(Cc1cccnc1)Cc1ccco1. The second-order valence-electron chi connectivity index (χ2n) is 4.91. The van der Waals surface area contributed by atoms with Crippen LogP contribution in [0.3, 0.4) is 0 Å². The number of pyridine rings is 1. The molecule has 0 unspecified atom stereocenters. The fraction of sp³-hybridized carbons (Fsp3) is 0.333. The van der Waals surface area contributed by atoms with Crippen LogP contribution < -0.4 is 0 Å². The molecule has 98 valence electrons. The summed E-state index contributed by atoms with van der Waals surface area (Å²) in [7, 11) is 0. The van der Waals surface area contributed by atoms with E-state index in [1.807, 2.05) is 29.2 Å². The first kappa shape index (κ1) is 12.0. The lowest BCUT2D eigenvalue weighted by Gasteiger charge is -2.21. The van der Waals surface area contributed by atoms with E-state index in [4.69, 9.17) is 4.42 Å². The predicted octanol–water partition coefficient (Wildman–Crippen LogP) is 2.61. The van der Waals surface area contributed by atoms with Gasteiger partial charge in [-0.2, -0.15) is 0 Å². The summed E-state index contributed by atoms with van der Waals surface area (Å²) in [5.41, 5.74) is 1.04. The number of carbonyl (C=O) groups excluding carboxylic acids is 1. The van der Waals surface area contributed by atoms with Crippen LogP contribution in [-0.4, -0.2) is 15.8 Å². The van der Waals surface area contributed by atoms with Crippen molar-refractivity contribution in [1.29, 1.82) is 0 Å². The summed E-state index contributed by atoms with van der Waals surface area (Å²) >= 11 is 0. The van der Waals surface area contributed by atoms with Crippen LogP contribution in [0.1, 0.15) is 24.2 Å². The van der Waals surface area contributed by atoms with Gasteiger partial charge in [-0.15, -0.1) is 0 Å². The number of hydrogen-bond donors (Lipinski definition) is 0. The fourth-order valence-corrected chi connectivity index (χ4v) is 2.10. The standard InChI is InChI=1S/C15H16N2O2/c18-15(13-5-6-13)17(11-14-4-2-8-19-14)10-12-3-1-7-16-9-12/h1-4,7-9,13H,5-6,10-11H2. The van der Waals surface area contributed by atoms with Gasteiger partial charge in [-0.25, -0.2) is 0 Å². The molecular formula is C15H16N2O2. The summed E-state index contributed by atoms with van der Waals surface area (Å²) in [6.07, 6.45) is 7.21. The Morgan fingerprint density at radius 3 is 2.84 bits per heavy atom. The van der Waals surface area contributed by atoms with Gasteiger partial charge in [0.2, 0.25) is 5.91 Å². The van der Waals surface area contributed by atoms with Gasteiger partial charge in [0.15, 0.2) is 0 Å². The lowest BCUT2D eigenvalue weighted by atomic mass is 10.2. The van der Waals surface area contributed by atoms with Gasteiger partial charge in [-0.05, 0) is 36.6 Å². The summed E-state index contributed by atoms with van der Waals surface area (Å²) in [6.45, 7) is 1.11. The second-order valence-corrected chi connectivity index (χ2v) is 4.91. The fourth-order valence-electron chi connectivity index (χ4n) is 2.10. The summed E-state index contributed by atoms with van der Waals surface area (Å²) in [6, 6.07) is 7.62. The van der Waals surface area contributed by atoms with Gasteiger partial charge < -0.3 is 9.32 Å². The van der Waals surface area contributed by atoms with Crippen molar-refractivity contribution < 1.29 is 9.21 Å². The predicted molar refractivity (Wildman–Crippen MR) is 69.9 cm³/mol. The zero-order valence-corrected chi connectivity index (χ0v) is 10.7. The van der Waals surface area contributed by atoms with Crippen molar-refractivity contribution in [3.8, 4) is 0 Å². The molecule has 0 saturated heterocycles. The minimum atomic E-state index is 0.214. The van der Waals surface area contributed by atoms with E-state index in [-0.39, 0.29) is 11.8 Å². The van der Waals surface area contributed by atoms with Crippen LogP contribution >= 0.6 is 0 Å². The van der Waals surface area contributed by atoms with Gasteiger partial charge in [-0.3, -0.25) is 9.78 Å². The number of carbonyl (C=O) groups is 1. The Hall–Kier alpha value is -2.10. The van der Waals surface area contributed by atoms with Crippen molar-refractivity contribution in [1.82, 2.24) is 9.88 Å². The minimum absolute atomic E-state index is 0.214.